The topological polar surface area (TPSA) is 76.8 Å². The summed E-state index contributed by atoms with van der Waals surface area (Å²) in [6, 6.07) is 3.76. The monoisotopic (exact) mass is 339 g/mol. The first-order valence-electron chi connectivity index (χ1n) is 7.54. The molecule has 0 aliphatic carbocycles. The van der Waals surface area contributed by atoms with Crippen LogP contribution in [-0.4, -0.2) is 57.0 Å². The Morgan fingerprint density at radius 3 is 2.65 bits per heavy atom. The first-order chi connectivity index (χ1) is 11.0. The third kappa shape index (κ3) is 3.91. The Bertz CT molecular complexity index is 568. The van der Waals surface area contributed by atoms with Crippen LogP contribution in [0.2, 0.25) is 0 Å². The average Bonchev–Trinajstić information content (AvgIpc) is 2.93. The zero-order valence-corrected chi connectivity index (χ0v) is 14.9. The second kappa shape index (κ2) is 7.90. The van der Waals surface area contributed by atoms with Crippen molar-refractivity contribution in [2.45, 2.75) is 29.9 Å². The number of hydrogen-bond acceptors (Lipinski definition) is 6. The van der Waals surface area contributed by atoms with E-state index in [0.717, 1.165) is 22.0 Å². The number of carbonyl (C=O) groups excluding carboxylic acids is 1. The number of methoxy groups -OCH3 is 2. The smallest absolute Gasteiger partial charge is 0.237 e. The van der Waals surface area contributed by atoms with Gasteiger partial charge in [-0.25, -0.2) is 0 Å². The van der Waals surface area contributed by atoms with Crippen molar-refractivity contribution in [3.8, 4) is 11.5 Å². The molecule has 1 amide bonds. The van der Waals surface area contributed by atoms with Gasteiger partial charge in [-0.2, -0.15) is 0 Å². The molecule has 3 N–H and O–H groups in total. The molecule has 0 spiro atoms. The zero-order valence-electron chi connectivity index (χ0n) is 14.1. The number of amides is 1. The predicted octanol–water partition coefficient (Wildman–Crippen LogP) is 1.07. The minimum atomic E-state index is -0.203. The number of nitrogens with one attached hydrogen (secondary N) is 1. The highest BCUT2D eigenvalue weighted by molar-refractivity contribution is 7.98. The molecule has 1 aromatic carbocycles. The van der Waals surface area contributed by atoms with Gasteiger partial charge >= 0.3 is 0 Å². The van der Waals surface area contributed by atoms with Crippen LogP contribution in [0.3, 0.4) is 0 Å². The molecule has 2 rings (SSSR count). The molecule has 23 heavy (non-hydrogen) atoms. The molecule has 1 aliphatic rings. The molecule has 7 heteroatoms. The molecule has 1 aliphatic heterocycles. The lowest BCUT2D eigenvalue weighted by molar-refractivity contribution is -0.125. The van der Waals surface area contributed by atoms with Gasteiger partial charge in [-0.15, -0.1) is 11.8 Å². The molecule has 0 saturated carbocycles. The van der Waals surface area contributed by atoms with E-state index in [9.17, 15) is 4.79 Å². The third-order valence-corrected chi connectivity index (χ3v) is 4.90. The van der Waals surface area contributed by atoms with E-state index in [-0.39, 0.29) is 18.0 Å². The van der Waals surface area contributed by atoms with Crippen molar-refractivity contribution in [2.75, 3.05) is 34.1 Å². The van der Waals surface area contributed by atoms with Crippen LogP contribution < -0.4 is 20.5 Å². The van der Waals surface area contributed by atoms with Gasteiger partial charge in [0, 0.05) is 31.7 Å². The lowest BCUT2D eigenvalue weighted by Gasteiger charge is -2.24. The summed E-state index contributed by atoms with van der Waals surface area (Å²) < 4.78 is 11.0. The van der Waals surface area contributed by atoms with Crippen molar-refractivity contribution in [3.63, 3.8) is 0 Å². The number of thioether (sulfide) groups is 1. The fourth-order valence-corrected chi connectivity index (χ4v) is 3.56. The van der Waals surface area contributed by atoms with Crippen molar-refractivity contribution >= 4 is 17.7 Å². The Morgan fingerprint density at radius 1 is 1.39 bits per heavy atom. The third-order valence-electron chi connectivity index (χ3n) is 4.14. The van der Waals surface area contributed by atoms with Crippen molar-refractivity contribution in [3.05, 3.63) is 17.7 Å². The van der Waals surface area contributed by atoms with Crippen molar-refractivity contribution in [1.82, 2.24) is 10.2 Å². The molecule has 6 nitrogen and oxygen atoms in total. The molecule has 128 valence electrons. The number of benzene rings is 1. The SMILES string of the molecule is CNC(=O)[C@@H]1C[C@@H](N)CN1Cc1cc(OC)c(SC)cc1OC. The number of likely N-dealkylation sites (tertiary alicyclic amines) is 1. The van der Waals surface area contributed by atoms with Crippen LogP contribution in [0.25, 0.3) is 0 Å². The fourth-order valence-electron chi connectivity index (χ4n) is 2.99. The Hall–Kier alpha value is -1.44. The van der Waals surface area contributed by atoms with Gasteiger partial charge in [0.15, 0.2) is 0 Å². The first-order valence-corrected chi connectivity index (χ1v) is 8.76. The van der Waals surface area contributed by atoms with E-state index in [1.807, 2.05) is 18.4 Å². The van der Waals surface area contributed by atoms with E-state index in [4.69, 9.17) is 15.2 Å². The van der Waals surface area contributed by atoms with E-state index >= 15 is 0 Å². The number of hydrogen-bond donors (Lipinski definition) is 2. The van der Waals surface area contributed by atoms with E-state index in [1.54, 1.807) is 33.0 Å². The summed E-state index contributed by atoms with van der Waals surface area (Å²) in [5, 5.41) is 2.72. The maximum Gasteiger partial charge on any atom is 0.237 e. The number of nitrogens with two attached hydrogens (primary N) is 1. The number of ether oxygens (including phenoxy) is 2. The molecule has 0 unspecified atom stereocenters. The molecule has 1 saturated heterocycles. The Balaban J connectivity index is 2.29. The van der Waals surface area contributed by atoms with Gasteiger partial charge in [0.1, 0.15) is 11.5 Å². The molecular formula is C16H25N3O3S. The second-order valence-corrected chi connectivity index (χ2v) is 6.42. The molecule has 1 heterocycles. The maximum atomic E-state index is 12.1. The Labute approximate surface area is 141 Å². The van der Waals surface area contributed by atoms with Gasteiger partial charge in [-0.3, -0.25) is 9.69 Å². The summed E-state index contributed by atoms with van der Waals surface area (Å²) in [7, 11) is 4.97. The van der Waals surface area contributed by atoms with Crippen LogP contribution in [-0.2, 0) is 11.3 Å². The van der Waals surface area contributed by atoms with Gasteiger partial charge < -0.3 is 20.5 Å². The largest absolute Gasteiger partial charge is 0.496 e. The van der Waals surface area contributed by atoms with Gasteiger partial charge in [-0.1, -0.05) is 0 Å². The summed E-state index contributed by atoms with van der Waals surface area (Å²) in [6.45, 7) is 1.29. The van der Waals surface area contributed by atoms with Crippen molar-refractivity contribution in [2.24, 2.45) is 5.73 Å². The summed E-state index contributed by atoms with van der Waals surface area (Å²) in [6.07, 6.45) is 2.67. The highest BCUT2D eigenvalue weighted by atomic mass is 32.2. The zero-order chi connectivity index (χ0) is 17.0. The van der Waals surface area contributed by atoms with Crippen LogP contribution >= 0.6 is 11.8 Å². The van der Waals surface area contributed by atoms with E-state index < -0.39 is 0 Å². The van der Waals surface area contributed by atoms with Crippen LogP contribution in [0.15, 0.2) is 17.0 Å². The highest BCUT2D eigenvalue weighted by Crippen LogP contribution is 2.36. The molecule has 0 radical (unpaired) electrons. The fraction of sp³-hybridized carbons (Fsp3) is 0.562. The van der Waals surface area contributed by atoms with Crippen LogP contribution in [0.4, 0.5) is 0 Å². The lowest BCUT2D eigenvalue weighted by atomic mass is 10.1. The number of likely N-dealkylation sites (N-methyl/N-ethyl adjacent to an activating group) is 1. The van der Waals surface area contributed by atoms with Crippen molar-refractivity contribution in [1.29, 1.82) is 0 Å². The van der Waals surface area contributed by atoms with Crippen LogP contribution in [0.5, 0.6) is 11.5 Å². The van der Waals surface area contributed by atoms with E-state index in [2.05, 4.69) is 10.2 Å². The number of carbonyl (C=O) groups is 1. The average molecular weight is 339 g/mol. The number of rotatable bonds is 6. The predicted molar refractivity (Wildman–Crippen MR) is 92.2 cm³/mol. The minimum absolute atomic E-state index is 0.00427. The summed E-state index contributed by atoms with van der Waals surface area (Å²) in [5.74, 6) is 1.61. The maximum absolute atomic E-state index is 12.1. The minimum Gasteiger partial charge on any atom is -0.496 e. The molecule has 2 atom stereocenters. The number of nitrogens with zero attached hydrogens (tertiary/aromatic N) is 1. The standard InChI is InChI=1S/C16H25N3O3S/c1-18-16(20)12-6-11(17)9-19(12)8-10-5-14(22-3)15(23-4)7-13(10)21-2/h5,7,11-12H,6,8-9,17H2,1-4H3,(H,18,20)/t11-,12+/m1/s1. The lowest BCUT2D eigenvalue weighted by Crippen LogP contribution is -2.41. The first kappa shape index (κ1) is 17.9. The highest BCUT2D eigenvalue weighted by Gasteiger charge is 2.35. The van der Waals surface area contributed by atoms with Gasteiger partial charge in [0.05, 0.1) is 25.2 Å². The van der Waals surface area contributed by atoms with Crippen LogP contribution in [0.1, 0.15) is 12.0 Å². The van der Waals surface area contributed by atoms with Crippen LogP contribution in [0, 0.1) is 0 Å². The molecular weight excluding hydrogens is 314 g/mol. The van der Waals surface area contributed by atoms with Crippen molar-refractivity contribution < 1.29 is 14.3 Å². The summed E-state index contributed by atoms with van der Waals surface area (Å²) in [4.78, 5) is 15.2. The summed E-state index contributed by atoms with van der Waals surface area (Å²) >= 11 is 1.61. The Kier molecular flexibility index (Phi) is 6.15. The van der Waals surface area contributed by atoms with E-state index in [0.29, 0.717) is 19.5 Å². The second-order valence-electron chi connectivity index (χ2n) is 5.57. The molecule has 1 aromatic rings. The molecule has 0 bridgehead atoms. The quantitative estimate of drug-likeness (QED) is 0.755. The van der Waals surface area contributed by atoms with E-state index in [1.165, 1.54) is 0 Å². The molecule has 0 aromatic heterocycles. The van der Waals surface area contributed by atoms with Gasteiger partial charge in [0.2, 0.25) is 5.91 Å². The normalized spacial score (nSPS) is 21.3. The van der Waals surface area contributed by atoms with Gasteiger partial charge in [-0.05, 0) is 24.8 Å². The van der Waals surface area contributed by atoms with Gasteiger partial charge in [0.25, 0.3) is 0 Å². The summed E-state index contributed by atoms with van der Waals surface area (Å²) in [5.41, 5.74) is 7.04. The molecule has 1 fully saturated rings. The Morgan fingerprint density at radius 2 is 2.09 bits per heavy atom.